The van der Waals surface area contributed by atoms with E-state index in [1.807, 2.05) is 57.4 Å². The summed E-state index contributed by atoms with van der Waals surface area (Å²) in [6, 6.07) is 17.6. The van der Waals surface area contributed by atoms with E-state index in [9.17, 15) is 4.79 Å². The van der Waals surface area contributed by atoms with Crippen LogP contribution in [0.2, 0.25) is 0 Å². The minimum atomic E-state index is -0.158. The Labute approximate surface area is 149 Å². The third-order valence-corrected chi connectivity index (χ3v) is 3.81. The molecule has 0 saturated carbocycles. The van der Waals surface area contributed by atoms with Crippen LogP contribution in [0.1, 0.15) is 18.5 Å². The molecule has 0 spiro atoms. The Kier molecular flexibility index (Phi) is 7.29. The fraction of sp³-hybridized carbons (Fsp3) is 0.350. The molecule has 0 fully saturated rings. The number of nitrogens with one attached hydrogen (secondary N) is 1. The summed E-state index contributed by atoms with van der Waals surface area (Å²) in [6.07, 6.45) is 0. The summed E-state index contributed by atoms with van der Waals surface area (Å²) in [4.78, 5) is 14.2. The first kappa shape index (κ1) is 18.8. The Bertz CT molecular complexity index is 659. The predicted molar refractivity (Wildman–Crippen MR) is 99.0 cm³/mol. The van der Waals surface area contributed by atoms with Crippen molar-refractivity contribution in [2.45, 2.75) is 13.0 Å². The van der Waals surface area contributed by atoms with E-state index in [1.165, 1.54) is 0 Å². The molecular formula is C20H26N2O3. The molecule has 25 heavy (non-hydrogen) atoms. The molecule has 1 atom stereocenters. The Hall–Kier alpha value is -2.53. The first-order chi connectivity index (χ1) is 12.1. The molecule has 5 nitrogen and oxygen atoms in total. The molecule has 0 unspecified atom stereocenters. The molecule has 134 valence electrons. The van der Waals surface area contributed by atoms with Gasteiger partial charge in [-0.05, 0) is 38.7 Å². The fourth-order valence-corrected chi connectivity index (χ4v) is 2.52. The number of ether oxygens (including phenoxy) is 2. The number of hydrogen-bond donors (Lipinski definition) is 1. The summed E-state index contributed by atoms with van der Waals surface area (Å²) in [6.45, 7) is 2.94. The number of nitrogens with zero attached hydrogens (tertiary/aromatic N) is 1. The van der Waals surface area contributed by atoms with E-state index in [2.05, 4.69) is 22.3 Å². The van der Waals surface area contributed by atoms with Crippen LogP contribution in [0.3, 0.4) is 0 Å². The Balaban J connectivity index is 1.88. The lowest BCUT2D eigenvalue weighted by Crippen LogP contribution is -2.36. The summed E-state index contributed by atoms with van der Waals surface area (Å²) in [5, 5.41) is 2.94. The van der Waals surface area contributed by atoms with Crippen LogP contribution in [-0.2, 0) is 4.79 Å². The number of hydrogen-bond acceptors (Lipinski definition) is 4. The number of para-hydroxylation sites is 2. The van der Waals surface area contributed by atoms with Gasteiger partial charge in [-0.2, -0.15) is 0 Å². The normalized spacial score (nSPS) is 11.8. The SMILES string of the molecule is CCOc1ccccc1OCC(=O)NC[C@H](c1ccccc1)N(C)C. The van der Waals surface area contributed by atoms with Crippen molar-refractivity contribution >= 4 is 5.91 Å². The van der Waals surface area contributed by atoms with Crippen LogP contribution in [0, 0.1) is 0 Å². The quantitative estimate of drug-likeness (QED) is 0.761. The van der Waals surface area contributed by atoms with Crippen molar-refractivity contribution in [1.82, 2.24) is 10.2 Å². The van der Waals surface area contributed by atoms with Crippen LogP contribution in [0.25, 0.3) is 0 Å². The number of carbonyl (C=O) groups excluding carboxylic acids is 1. The van der Waals surface area contributed by atoms with E-state index in [0.717, 1.165) is 5.56 Å². The van der Waals surface area contributed by atoms with Crippen molar-refractivity contribution in [2.75, 3.05) is 33.9 Å². The monoisotopic (exact) mass is 342 g/mol. The molecule has 0 saturated heterocycles. The first-order valence-corrected chi connectivity index (χ1v) is 8.44. The second kappa shape index (κ2) is 9.69. The van der Waals surface area contributed by atoms with Crippen LogP contribution >= 0.6 is 0 Å². The van der Waals surface area contributed by atoms with Crippen LogP contribution in [0.4, 0.5) is 0 Å². The minimum absolute atomic E-state index is 0.0426. The largest absolute Gasteiger partial charge is 0.490 e. The van der Waals surface area contributed by atoms with Crippen LogP contribution in [0.5, 0.6) is 11.5 Å². The van der Waals surface area contributed by atoms with Gasteiger partial charge in [-0.1, -0.05) is 42.5 Å². The van der Waals surface area contributed by atoms with E-state index in [-0.39, 0.29) is 18.6 Å². The van der Waals surface area contributed by atoms with E-state index < -0.39 is 0 Å². The average molecular weight is 342 g/mol. The van der Waals surface area contributed by atoms with Gasteiger partial charge >= 0.3 is 0 Å². The molecule has 0 bridgehead atoms. The number of likely N-dealkylation sites (N-methyl/N-ethyl adjacent to an activating group) is 1. The highest BCUT2D eigenvalue weighted by molar-refractivity contribution is 5.77. The van der Waals surface area contributed by atoms with Gasteiger partial charge in [0.15, 0.2) is 18.1 Å². The smallest absolute Gasteiger partial charge is 0.258 e. The molecule has 2 aromatic rings. The molecular weight excluding hydrogens is 316 g/mol. The predicted octanol–water partition coefficient (Wildman–Crippen LogP) is 2.88. The molecule has 5 heteroatoms. The minimum Gasteiger partial charge on any atom is -0.490 e. The van der Waals surface area contributed by atoms with Gasteiger partial charge in [0.2, 0.25) is 0 Å². The zero-order valence-corrected chi connectivity index (χ0v) is 15.1. The maximum absolute atomic E-state index is 12.1. The summed E-state index contributed by atoms with van der Waals surface area (Å²) >= 11 is 0. The summed E-state index contributed by atoms with van der Waals surface area (Å²) < 4.78 is 11.1. The van der Waals surface area contributed by atoms with Crippen molar-refractivity contribution in [3.05, 3.63) is 60.2 Å². The van der Waals surface area contributed by atoms with E-state index >= 15 is 0 Å². The molecule has 0 aliphatic carbocycles. The van der Waals surface area contributed by atoms with Gasteiger partial charge in [0.1, 0.15) is 0 Å². The molecule has 1 amide bonds. The van der Waals surface area contributed by atoms with Crippen LogP contribution in [-0.4, -0.2) is 44.7 Å². The third kappa shape index (κ3) is 5.80. The van der Waals surface area contributed by atoms with Gasteiger partial charge in [0, 0.05) is 6.54 Å². The van der Waals surface area contributed by atoms with Gasteiger partial charge in [0.25, 0.3) is 5.91 Å². The zero-order valence-electron chi connectivity index (χ0n) is 15.1. The van der Waals surface area contributed by atoms with Crippen molar-refractivity contribution in [2.24, 2.45) is 0 Å². The first-order valence-electron chi connectivity index (χ1n) is 8.44. The molecule has 1 N–H and O–H groups in total. The Morgan fingerprint density at radius 1 is 1.00 bits per heavy atom. The Morgan fingerprint density at radius 3 is 2.20 bits per heavy atom. The van der Waals surface area contributed by atoms with Gasteiger partial charge in [-0.3, -0.25) is 4.79 Å². The lowest BCUT2D eigenvalue weighted by atomic mass is 10.1. The van der Waals surface area contributed by atoms with Gasteiger partial charge < -0.3 is 19.7 Å². The highest BCUT2D eigenvalue weighted by Crippen LogP contribution is 2.26. The second-order valence-corrected chi connectivity index (χ2v) is 5.86. The highest BCUT2D eigenvalue weighted by Gasteiger charge is 2.15. The van der Waals surface area contributed by atoms with Crippen LogP contribution < -0.4 is 14.8 Å². The van der Waals surface area contributed by atoms with Gasteiger partial charge in [0.05, 0.1) is 12.6 Å². The molecule has 0 heterocycles. The van der Waals surface area contributed by atoms with E-state index in [1.54, 1.807) is 6.07 Å². The number of benzene rings is 2. The molecule has 0 aromatic heterocycles. The average Bonchev–Trinajstić information content (AvgIpc) is 2.62. The lowest BCUT2D eigenvalue weighted by molar-refractivity contribution is -0.123. The summed E-state index contributed by atoms with van der Waals surface area (Å²) in [5.41, 5.74) is 1.16. The Morgan fingerprint density at radius 2 is 1.60 bits per heavy atom. The molecule has 0 aliphatic rings. The van der Waals surface area contributed by atoms with Gasteiger partial charge in [-0.25, -0.2) is 0 Å². The topological polar surface area (TPSA) is 50.8 Å². The standard InChI is InChI=1S/C20H26N2O3/c1-4-24-18-12-8-9-13-19(18)25-15-20(23)21-14-17(22(2)3)16-10-6-5-7-11-16/h5-13,17H,4,14-15H2,1-3H3,(H,21,23)/t17-/m1/s1. The summed E-state index contributed by atoms with van der Waals surface area (Å²) in [7, 11) is 4.00. The lowest BCUT2D eigenvalue weighted by Gasteiger charge is -2.25. The summed E-state index contributed by atoms with van der Waals surface area (Å²) in [5.74, 6) is 1.06. The fourth-order valence-electron chi connectivity index (χ4n) is 2.52. The van der Waals surface area contributed by atoms with Crippen molar-refractivity contribution < 1.29 is 14.3 Å². The molecule has 0 aliphatic heterocycles. The zero-order chi connectivity index (χ0) is 18.1. The maximum atomic E-state index is 12.1. The molecule has 2 aromatic carbocycles. The van der Waals surface area contributed by atoms with Crippen molar-refractivity contribution in [3.63, 3.8) is 0 Å². The number of carbonyl (C=O) groups is 1. The molecule has 2 rings (SSSR count). The van der Waals surface area contributed by atoms with E-state index in [0.29, 0.717) is 24.7 Å². The van der Waals surface area contributed by atoms with Crippen molar-refractivity contribution in [1.29, 1.82) is 0 Å². The number of amides is 1. The second-order valence-electron chi connectivity index (χ2n) is 5.86. The number of rotatable bonds is 9. The highest BCUT2D eigenvalue weighted by atomic mass is 16.5. The van der Waals surface area contributed by atoms with E-state index in [4.69, 9.17) is 9.47 Å². The molecule has 0 radical (unpaired) electrons. The van der Waals surface area contributed by atoms with Crippen molar-refractivity contribution in [3.8, 4) is 11.5 Å². The maximum Gasteiger partial charge on any atom is 0.258 e. The van der Waals surface area contributed by atoms with Crippen LogP contribution in [0.15, 0.2) is 54.6 Å². The third-order valence-electron chi connectivity index (χ3n) is 3.81. The van der Waals surface area contributed by atoms with Gasteiger partial charge in [-0.15, -0.1) is 0 Å².